The molecule has 0 bridgehead atoms. The molecule has 1 N–H and O–H groups in total. The van der Waals surface area contributed by atoms with Crippen LogP contribution in [-0.2, 0) is 13.0 Å². The van der Waals surface area contributed by atoms with Gasteiger partial charge in [-0.2, -0.15) is 0 Å². The molecule has 0 radical (unpaired) electrons. The summed E-state index contributed by atoms with van der Waals surface area (Å²) >= 11 is 0. The van der Waals surface area contributed by atoms with Crippen LogP contribution in [-0.4, -0.2) is 86.9 Å². The van der Waals surface area contributed by atoms with Crippen molar-refractivity contribution in [3.63, 3.8) is 0 Å². The Morgan fingerprint density at radius 1 is 0.882 bits per heavy atom. The first kappa shape index (κ1) is 32.2. The molecule has 4 aromatic carbocycles. The lowest BCUT2D eigenvalue weighted by atomic mass is 9.69. The molecule has 4 aliphatic heterocycles. The smallest absolute Gasteiger partial charge is 0.254 e. The Labute approximate surface area is 301 Å². The minimum Gasteiger partial charge on any atom is -0.508 e. The minimum absolute atomic E-state index is 0.0932. The Balaban J connectivity index is 0.861. The quantitative estimate of drug-likeness (QED) is 0.244. The molecule has 2 saturated heterocycles. The molecule has 3 unspecified atom stereocenters. The van der Waals surface area contributed by atoms with Crippen LogP contribution in [0.15, 0.2) is 78.9 Å². The van der Waals surface area contributed by atoms with E-state index in [2.05, 4.69) is 75.4 Å². The van der Waals surface area contributed by atoms with Crippen LogP contribution in [0.3, 0.4) is 0 Å². The number of aromatic hydroxyl groups is 1. The SMILES string of the molecule is COc1cc(N2CCC(CN3CCN4c5cc6c(cc5OCC4C3)C(=O)N(C)C6)CC2)ccc1C1c2ccc(O)cc2CCC1c1ccccc1. The number of hydrogen-bond donors (Lipinski definition) is 1. The van der Waals surface area contributed by atoms with Crippen molar-refractivity contribution < 1.29 is 19.4 Å². The van der Waals surface area contributed by atoms with Crippen molar-refractivity contribution >= 4 is 17.3 Å². The summed E-state index contributed by atoms with van der Waals surface area (Å²) in [6.45, 7) is 7.63. The Bertz CT molecular complexity index is 1940. The summed E-state index contributed by atoms with van der Waals surface area (Å²) < 4.78 is 12.4. The van der Waals surface area contributed by atoms with E-state index in [1.54, 1.807) is 12.0 Å². The van der Waals surface area contributed by atoms with Crippen molar-refractivity contribution in [1.82, 2.24) is 9.80 Å². The van der Waals surface area contributed by atoms with Crippen molar-refractivity contribution in [2.75, 3.05) is 69.8 Å². The third-order valence-corrected chi connectivity index (χ3v) is 12.3. The maximum atomic E-state index is 12.5. The largest absolute Gasteiger partial charge is 0.508 e. The molecule has 4 heterocycles. The number of carbonyl (C=O) groups excluding carboxylic acids is 1. The molecule has 8 nitrogen and oxygen atoms in total. The Morgan fingerprint density at radius 3 is 2.53 bits per heavy atom. The fourth-order valence-corrected chi connectivity index (χ4v) is 9.69. The molecule has 3 atom stereocenters. The van der Waals surface area contributed by atoms with Crippen LogP contribution in [0.4, 0.5) is 11.4 Å². The zero-order valence-corrected chi connectivity index (χ0v) is 29.8. The highest BCUT2D eigenvalue weighted by Crippen LogP contribution is 2.50. The van der Waals surface area contributed by atoms with Gasteiger partial charge in [-0.05, 0) is 90.1 Å². The molecule has 4 aromatic rings. The molecule has 0 saturated carbocycles. The molecule has 1 aliphatic carbocycles. The number of piperazine rings is 1. The lowest BCUT2D eigenvalue weighted by molar-refractivity contribution is 0.0816. The zero-order chi connectivity index (χ0) is 34.6. The van der Waals surface area contributed by atoms with E-state index >= 15 is 0 Å². The fraction of sp³-hybridized carbons (Fsp3) is 0.419. The lowest BCUT2D eigenvalue weighted by Gasteiger charge is -2.47. The van der Waals surface area contributed by atoms with Crippen LogP contribution in [0.2, 0.25) is 0 Å². The van der Waals surface area contributed by atoms with E-state index in [-0.39, 0.29) is 11.8 Å². The second-order valence-corrected chi connectivity index (χ2v) is 15.3. The fourth-order valence-electron chi connectivity index (χ4n) is 9.69. The standard InChI is InChI=1S/C43H48N4O4/c1-44-25-31-21-39-41(23-38(31)43(44)49)51-27-33-26-45(18-19-47(33)39)24-28-14-16-46(17-15-28)32-9-12-37(40(22-32)50-2)42-35(29-6-4-3-5-7-29)11-8-30-20-34(48)10-13-36(30)42/h3-7,9-10,12-13,20-23,28,33,35,42,48H,8,11,14-19,24-27H2,1-2H3. The van der Waals surface area contributed by atoms with E-state index in [9.17, 15) is 9.90 Å². The highest BCUT2D eigenvalue weighted by Gasteiger charge is 2.37. The molecule has 9 rings (SSSR count). The van der Waals surface area contributed by atoms with Gasteiger partial charge in [0, 0.05) is 81.7 Å². The number of nitrogens with zero attached hydrogens (tertiary/aromatic N) is 4. The molecule has 0 spiro atoms. The lowest BCUT2D eigenvalue weighted by Crippen LogP contribution is -2.58. The third kappa shape index (κ3) is 5.87. The van der Waals surface area contributed by atoms with Crippen molar-refractivity contribution in [2.45, 2.75) is 50.1 Å². The molecular formula is C43H48N4O4. The van der Waals surface area contributed by atoms with Crippen molar-refractivity contribution in [3.8, 4) is 17.2 Å². The van der Waals surface area contributed by atoms with Crippen LogP contribution in [0, 0.1) is 5.92 Å². The van der Waals surface area contributed by atoms with E-state index in [0.29, 0.717) is 36.8 Å². The summed E-state index contributed by atoms with van der Waals surface area (Å²) in [4.78, 5) is 22.0. The van der Waals surface area contributed by atoms with Crippen LogP contribution < -0.4 is 19.3 Å². The van der Waals surface area contributed by atoms with Gasteiger partial charge in [0.05, 0.1) is 18.8 Å². The molecule has 1 amide bonds. The monoisotopic (exact) mass is 684 g/mol. The van der Waals surface area contributed by atoms with Gasteiger partial charge < -0.3 is 29.3 Å². The number of fused-ring (bicyclic) bond motifs is 5. The van der Waals surface area contributed by atoms with Crippen LogP contribution in [0.1, 0.15) is 69.3 Å². The number of carbonyl (C=O) groups is 1. The van der Waals surface area contributed by atoms with Gasteiger partial charge in [-0.1, -0.05) is 42.5 Å². The van der Waals surface area contributed by atoms with E-state index in [0.717, 1.165) is 80.4 Å². The number of ether oxygens (including phenoxy) is 2. The number of benzene rings is 4. The number of aryl methyl sites for hydroxylation is 1. The van der Waals surface area contributed by atoms with Gasteiger partial charge >= 0.3 is 0 Å². The van der Waals surface area contributed by atoms with Gasteiger partial charge in [-0.25, -0.2) is 0 Å². The number of methoxy groups -OCH3 is 1. The molecule has 2 fully saturated rings. The van der Waals surface area contributed by atoms with E-state index < -0.39 is 0 Å². The van der Waals surface area contributed by atoms with Crippen LogP contribution >= 0.6 is 0 Å². The Morgan fingerprint density at radius 2 is 1.71 bits per heavy atom. The van der Waals surface area contributed by atoms with Gasteiger partial charge in [0.2, 0.25) is 0 Å². The second kappa shape index (κ2) is 13.1. The topological polar surface area (TPSA) is 68.7 Å². The van der Waals surface area contributed by atoms with Gasteiger partial charge in [-0.3, -0.25) is 9.69 Å². The summed E-state index contributed by atoms with van der Waals surface area (Å²) in [7, 11) is 3.67. The first-order valence-corrected chi connectivity index (χ1v) is 18.8. The van der Waals surface area contributed by atoms with Gasteiger partial charge in [-0.15, -0.1) is 0 Å². The average Bonchev–Trinajstić information content (AvgIpc) is 3.44. The molecule has 51 heavy (non-hydrogen) atoms. The first-order valence-electron chi connectivity index (χ1n) is 18.8. The van der Waals surface area contributed by atoms with E-state index in [1.807, 2.05) is 25.2 Å². The number of rotatable bonds is 6. The number of phenolic OH excluding ortho intramolecular Hbond substituents is 1. The number of piperidine rings is 1. The van der Waals surface area contributed by atoms with Gasteiger partial charge in [0.25, 0.3) is 5.91 Å². The molecule has 5 aliphatic rings. The summed E-state index contributed by atoms with van der Waals surface area (Å²) in [6, 6.07) is 28.2. The number of amides is 1. The normalized spacial score (nSPS) is 23.3. The molecular weight excluding hydrogens is 636 g/mol. The average molecular weight is 685 g/mol. The van der Waals surface area contributed by atoms with Crippen molar-refractivity contribution in [2.24, 2.45) is 5.92 Å². The highest BCUT2D eigenvalue weighted by atomic mass is 16.5. The maximum absolute atomic E-state index is 12.5. The zero-order valence-electron chi connectivity index (χ0n) is 29.8. The summed E-state index contributed by atoms with van der Waals surface area (Å²) in [6.07, 6.45) is 4.34. The van der Waals surface area contributed by atoms with Gasteiger partial charge in [0.1, 0.15) is 23.9 Å². The highest BCUT2D eigenvalue weighted by molar-refractivity contribution is 5.99. The summed E-state index contributed by atoms with van der Waals surface area (Å²) in [5.74, 6) is 3.40. The maximum Gasteiger partial charge on any atom is 0.254 e. The first-order chi connectivity index (χ1) is 24.9. The van der Waals surface area contributed by atoms with E-state index in [4.69, 9.17) is 9.47 Å². The number of phenols is 1. The molecule has 8 heteroatoms. The molecule has 264 valence electrons. The number of anilines is 2. The predicted molar refractivity (Wildman–Crippen MR) is 201 cm³/mol. The third-order valence-electron chi connectivity index (χ3n) is 12.3. The van der Waals surface area contributed by atoms with E-state index in [1.165, 1.54) is 40.8 Å². The number of hydrogen-bond acceptors (Lipinski definition) is 7. The minimum atomic E-state index is 0.0932. The Kier molecular flexibility index (Phi) is 8.30. The summed E-state index contributed by atoms with van der Waals surface area (Å²) in [5.41, 5.74) is 9.39. The second-order valence-electron chi connectivity index (χ2n) is 15.3. The Hall–Kier alpha value is -4.69. The van der Waals surface area contributed by atoms with Crippen molar-refractivity contribution in [3.05, 3.63) is 112 Å². The summed E-state index contributed by atoms with van der Waals surface area (Å²) in [5, 5.41) is 10.3. The van der Waals surface area contributed by atoms with Crippen LogP contribution in [0.5, 0.6) is 17.2 Å². The van der Waals surface area contributed by atoms with Gasteiger partial charge in [0.15, 0.2) is 0 Å². The van der Waals surface area contributed by atoms with Crippen LogP contribution in [0.25, 0.3) is 0 Å². The molecule has 0 aromatic heterocycles. The predicted octanol–water partition coefficient (Wildman–Crippen LogP) is 6.65. The van der Waals surface area contributed by atoms with Crippen molar-refractivity contribution in [1.29, 1.82) is 0 Å².